The average Bonchev–Trinajstić information content (AvgIpc) is 2.38. The van der Waals surface area contributed by atoms with Crippen LogP contribution < -0.4 is 0 Å². The molecule has 0 fully saturated rings. The normalized spacial score (nSPS) is 14.0. The van der Waals surface area contributed by atoms with Crippen LogP contribution in [0.25, 0.3) is 0 Å². The Kier molecular flexibility index (Phi) is 4.85. The minimum absolute atomic E-state index is 0.441. The van der Waals surface area contributed by atoms with E-state index in [0.29, 0.717) is 18.7 Å². The molecule has 0 aliphatic rings. The van der Waals surface area contributed by atoms with Gasteiger partial charge in [-0.1, -0.05) is 59.7 Å². The van der Waals surface area contributed by atoms with Crippen molar-refractivity contribution in [3.63, 3.8) is 0 Å². The van der Waals surface area contributed by atoms with Crippen LogP contribution in [0.2, 0.25) is 0 Å². The van der Waals surface area contributed by atoms with Crippen LogP contribution in [0.5, 0.6) is 0 Å². The number of aryl methyl sites for hydroxylation is 2. The predicted molar refractivity (Wildman–Crippen MR) is 85.3 cm³/mol. The smallest absolute Gasteiger partial charge is 0.0948 e. The fraction of sp³-hybridized carbons (Fsp3) is 0.333. The largest absolute Gasteiger partial charge is 0.385 e. The molecule has 20 heavy (non-hydrogen) atoms. The summed E-state index contributed by atoms with van der Waals surface area (Å²) in [5.74, 6) is 0.441. The van der Waals surface area contributed by atoms with Gasteiger partial charge in [0, 0.05) is 12.3 Å². The number of hydrogen-bond acceptors (Lipinski definition) is 1. The van der Waals surface area contributed by atoms with Crippen LogP contribution in [0, 0.1) is 13.8 Å². The molecule has 1 unspecified atom stereocenters. The van der Waals surface area contributed by atoms with Crippen LogP contribution in [0.15, 0.2) is 48.5 Å². The number of halogens is 1. The van der Waals surface area contributed by atoms with E-state index in [-0.39, 0.29) is 0 Å². The van der Waals surface area contributed by atoms with Gasteiger partial charge < -0.3 is 5.11 Å². The minimum Gasteiger partial charge on any atom is -0.385 e. The lowest BCUT2D eigenvalue weighted by Gasteiger charge is -2.28. The van der Waals surface area contributed by atoms with Crippen LogP contribution in [-0.4, -0.2) is 11.0 Å². The molecule has 0 amide bonds. The Bertz CT molecular complexity index is 545. The Morgan fingerprint density at radius 2 is 1.60 bits per heavy atom. The quantitative estimate of drug-likeness (QED) is 0.811. The highest BCUT2D eigenvalue weighted by Crippen LogP contribution is 2.30. The molecule has 0 radical (unpaired) electrons. The zero-order chi connectivity index (χ0) is 14.6. The van der Waals surface area contributed by atoms with Gasteiger partial charge in [0.15, 0.2) is 0 Å². The van der Waals surface area contributed by atoms with Gasteiger partial charge in [-0.15, -0.1) is 11.6 Å². The topological polar surface area (TPSA) is 20.2 Å². The van der Waals surface area contributed by atoms with Crippen molar-refractivity contribution in [2.45, 2.75) is 32.3 Å². The van der Waals surface area contributed by atoms with Crippen molar-refractivity contribution in [3.8, 4) is 0 Å². The fourth-order valence-corrected chi connectivity index (χ4v) is 3.06. The molecule has 0 saturated carbocycles. The zero-order valence-corrected chi connectivity index (χ0v) is 12.8. The lowest BCUT2D eigenvalue weighted by Crippen LogP contribution is -2.29. The summed E-state index contributed by atoms with van der Waals surface area (Å²) in [6.07, 6.45) is 1.14. The Morgan fingerprint density at radius 1 is 1.00 bits per heavy atom. The van der Waals surface area contributed by atoms with Crippen molar-refractivity contribution in [2.75, 3.05) is 5.88 Å². The second-order valence-corrected chi connectivity index (χ2v) is 5.89. The highest BCUT2D eigenvalue weighted by atomic mass is 35.5. The molecular formula is C18H21ClO. The Morgan fingerprint density at radius 3 is 2.15 bits per heavy atom. The Hall–Kier alpha value is -1.31. The molecule has 106 valence electrons. The summed E-state index contributed by atoms with van der Waals surface area (Å²) in [6.45, 7) is 4.17. The van der Waals surface area contributed by atoms with Crippen molar-refractivity contribution >= 4 is 11.6 Å². The summed E-state index contributed by atoms with van der Waals surface area (Å²) in [6, 6.07) is 16.2. The third-order valence-electron chi connectivity index (χ3n) is 3.60. The molecule has 2 aromatic rings. The summed E-state index contributed by atoms with van der Waals surface area (Å²) in [5.41, 5.74) is 3.63. The Labute approximate surface area is 126 Å². The molecule has 2 rings (SSSR count). The second kappa shape index (κ2) is 6.43. The van der Waals surface area contributed by atoms with Crippen molar-refractivity contribution < 1.29 is 5.11 Å². The maximum atomic E-state index is 11.0. The standard InChI is InChI=1S/C18H21ClO/c1-14-10-15(2)12-16(11-14)13-18(20,8-9-19)17-6-4-3-5-7-17/h3-7,10-12,20H,8-9,13H2,1-2H3. The van der Waals surface area contributed by atoms with Crippen LogP contribution >= 0.6 is 11.6 Å². The number of alkyl halides is 1. The molecule has 1 N–H and O–H groups in total. The average molecular weight is 289 g/mol. The molecule has 0 aromatic heterocycles. The van der Waals surface area contributed by atoms with Gasteiger partial charge in [0.2, 0.25) is 0 Å². The highest BCUT2D eigenvalue weighted by Gasteiger charge is 2.28. The summed E-state index contributed by atoms with van der Waals surface area (Å²) in [5, 5.41) is 11.0. The molecule has 0 spiro atoms. The maximum Gasteiger partial charge on any atom is 0.0948 e. The van der Waals surface area contributed by atoms with Crippen molar-refractivity contribution in [3.05, 3.63) is 70.8 Å². The van der Waals surface area contributed by atoms with Gasteiger partial charge in [0.1, 0.15) is 0 Å². The SMILES string of the molecule is Cc1cc(C)cc(CC(O)(CCCl)c2ccccc2)c1. The van der Waals surface area contributed by atoms with Crippen molar-refractivity contribution in [2.24, 2.45) is 0 Å². The van der Waals surface area contributed by atoms with E-state index in [2.05, 4.69) is 32.0 Å². The van der Waals surface area contributed by atoms with Crippen LogP contribution in [0.1, 0.15) is 28.7 Å². The molecule has 0 bridgehead atoms. The van der Waals surface area contributed by atoms with E-state index in [1.807, 2.05) is 30.3 Å². The van der Waals surface area contributed by atoms with Gasteiger partial charge in [0.25, 0.3) is 0 Å². The van der Waals surface area contributed by atoms with Gasteiger partial charge in [-0.3, -0.25) is 0 Å². The molecule has 1 nitrogen and oxygen atoms in total. The van der Waals surface area contributed by atoms with E-state index in [0.717, 1.165) is 11.1 Å². The van der Waals surface area contributed by atoms with E-state index in [1.54, 1.807) is 0 Å². The Balaban J connectivity index is 2.34. The van der Waals surface area contributed by atoms with E-state index >= 15 is 0 Å². The minimum atomic E-state index is -0.900. The van der Waals surface area contributed by atoms with E-state index < -0.39 is 5.60 Å². The first-order valence-electron chi connectivity index (χ1n) is 6.94. The van der Waals surface area contributed by atoms with E-state index in [9.17, 15) is 5.11 Å². The van der Waals surface area contributed by atoms with Crippen molar-refractivity contribution in [1.29, 1.82) is 0 Å². The molecular weight excluding hydrogens is 268 g/mol. The number of aliphatic hydroxyl groups is 1. The molecule has 0 saturated heterocycles. The number of rotatable bonds is 5. The highest BCUT2D eigenvalue weighted by molar-refractivity contribution is 6.17. The molecule has 2 heteroatoms. The maximum absolute atomic E-state index is 11.0. The van der Waals surface area contributed by atoms with Gasteiger partial charge in [-0.25, -0.2) is 0 Å². The molecule has 0 heterocycles. The van der Waals surface area contributed by atoms with Gasteiger partial charge in [-0.2, -0.15) is 0 Å². The molecule has 0 aliphatic heterocycles. The first kappa shape index (κ1) is 15.1. The third kappa shape index (κ3) is 3.62. The van der Waals surface area contributed by atoms with Gasteiger partial charge in [0.05, 0.1) is 5.60 Å². The summed E-state index contributed by atoms with van der Waals surface area (Å²) in [7, 11) is 0. The van der Waals surface area contributed by atoms with E-state index in [4.69, 9.17) is 11.6 Å². The summed E-state index contributed by atoms with van der Waals surface area (Å²) in [4.78, 5) is 0. The number of hydrogen-bond donors (Lipinski definition) is 1. The first-order chi connectivity index (χ1) is 9.53. The zero-order valence-electron chi connectivity index (χ0n) is 12.1. The monoisotopic (exact) mass is 288 g/mol. The predicted octanol–water partition coefficient (Wildman–Crippen LogP) is 4.36. The molecule has 2 aromatic carbocycles. The number of benzene rings is 2. The summed E-state index contributed by atoms with van der Waals surface area (Å²) >= 11 is 5.90. The molecule has 0 aliphatic carbocycles. The van der Waals surface area contributed by atoms with Crippen LogP contribution in [-0.2, 0) is 12.0 Å². The van der Waals surface area contributed by atoms with Gasteiger partial charge in [-0.05, 0) is 31.4 Å². The van der Waals surface area contributed by atoms with Crippen LogP contribution in [0.4, 0.5) is 0 Å². The summed E-state index contributed by atoms with van der Waals surface area (Å²) < 4.78 is 0. The van der Waals surface area contributed by atoms with E-state index in [1.165, 1.54) is 11.1 Å². The lowest BCUT2D eigenvalue weighted by atomic mass is 9.84. The first-order valence-corrected chi connectivity index (χ1v) is 7.48. The van der Waals surface area contributed by atoms with Crippen LogP contribution in [0.3, 0.4) is 0 Å². The third-order valence-corrected chi connectivity index (χ3v) is 3.79. The fourth-order valence-electron chi connectivity index (χ4n) is 2.75. The lowest BCUT2D eigenvalue weighted by molar-refractivity contribution is 0.0336. The molecule has 1 atom stereocenters. The van der Waals surface area contributed by atoms with Crippen molar-refractivity contribution in [1.82, 2.24) is 0 Å². The second-order valence-electron chi connectivity index (χ2n) is 5.51. The van der Waals surface area contributed by atoms with Gasteiger partial charge >= 0.3 is 0 Å².